The molecule has 0 saturated heterocycles. The summed E-state index contributed by atoms with van der Waals surface area (Å²) < 4.78 is 6.55. The lowest BCUT2D eigenvalue weighted by Crippen LogP contribution is -2.26. The fourth-order valence-corrected chi connectivity index (χ4v) is 3.59. The minimum atomic E-state index is -0.427. The summed E-state index contributed by atoms with van der Waals surface area (Å²) >= 11 is 3.50. The van der Waals surface area contributed by atoms with E-state index in [0.717, 1.165) is 10.0 Å². The van der Waals surface area contributed by atoms with Gasteiger partial charge >= 0.3 is 0 Å². The van der Waals surface area contributed by atoms with Crippen molar-refractivity contribution in [1.82, 2.24) is 0 Å². The van der Waals surface area contributed by atoms with Crippen molar-refractivity contribution in [2.24, 2.45) is 10.6 Å². The van der Waals surface area contributed by atoms with Gasteiger partial charge in [0.1, 0.15) is 5.76 Å². The van der Waals surface area contributed by atoms with Gasteiger partial charge in [-0.25, -0.2) is 0 Å². The van der Waals surface area contributed by atoms with Gasteiger partial charge in [-0.2, -0.15) is 0 Å². The number of hydrogen-bond donors (Lipinski definition) is 1. The zero-order valence-corrected chi connectivity index (χ0v) is 13.5. The van der Waals surface area contributed by atoms with E-state index in [4.69, 9.17) is 4.74 Å². The van der Waals surface area contributed by atoms with E-state index >= 15 is 0 Å². The third-order valence-electron chi connectivity index (χ3n) is 3.96. The number of Topliss-reactive ketones (excluding diaryl/α,β-unsaturated/α-hetero) is 1. The van der Waals surface area contributed by atoms with Gasteiger partial charge < -0.3 is 9.94 Å². The van der Waals surface area contributed by atoms with Crippen LogP contribution in [0.1, 0.15) is 38.2 Å². The van der Waals surface area contributed by atoms with E-state index in [1.165, 1.54) is 0 Å². The fourth-order valence-electron chi connectivity index (χ4n) is 3.08. The van der Waals surface area contributed by atoms with Gasteiger partial charge in [0.2, 0.25) is 5.90 Å². The van der Waals surface area contributed by atoms with Gasteiger partial charge in [-0.1, -0.05) is 53.1 Å². The highest BCUT2D eigenvalue weighted by Crippen LogP contribution is 2.48. The smallest absolute Gasteiger partial charge is 0.242 e. The van der Waals surface area contributed by atoms with E-state index in [2.05, 4.69) is 21.1 Å². The average molecular weight is 350 g/mol. The molecule has 1 aromatic rings. The molecule has 1 N–H and O–H groups in total. The van der Waals surface area contributed by atoms with Crippen LogP contribution in [-0.2, 0) is 9.53 Å². The molecule has 1 heterocycles. The van der Waals surface area contributed by atoms with Crippen molar-refractivity contribution in [3.8, 4) is 0 Å². The molecule has 0 aromatic heterocycles. The van der Waals surface area contributed by atoms with Crippen LogP contribution in [0.5, 0.6) is 0 Å². The molecule has 1 aliphatic heterocycles. The molecule has 0 saturated carbocycles. The Bertz CT molecular complexity index is 676. The highest BCUT2D eigenvalue weighted by molar-refractivity contribution is 9.10. The van der Waals surface area contributed by atoms with Crippen LogP contribution in [0.4, 0.5) is 0 Å². The van der Waals surface area contributed by atoms with Crippen LogP contribution in [0, 0.1) is 5.41 Å². The minimum absolute atomic E-state index is 0.0700. The van der Waals surface area contributed by atoms with Crippen molar-refractivity contribution in [3.05, 3.63) is 45.6 Å². The Balaban J connectivity index is 2.13. The molecule has 0 radical (unpaired) electrons. The number of allylic oxidation sites excluding steroid dienone is 1. The number of hydrogen-bond acceptors (Lipinski definition) is 4. The number of oxime groups is 1. The largest absolute Gasteiger partial charge is 0.443 e. The summed E-state index contributed by atoms with van der Waals surface area (Å²) in [6, 6.07) is 7.61. The molecule has 0 bridgehead atoms. The minimum Gasteiger partial charge on any atom is -0.443 e. The SMILES string of the molecule is CC1(C)CC(=O)C2=C(C1)O/C(=N\O)C2c1ccccc1Br. The van der Waals surface area contributed by atoms with Crippen LogP contribution < -0.4 is 0 Å². The van der Waals surface area contributed by atoms with Gasteiger partial charge in [0, 0.05) is 17.3 Å². The second kappa shape index (κ2) is 4.98. The Morgan fingerprint density at radius 1 is 1.33 bits per heavy atom. The van der Waals surface area contributed by atoms with Crippen molar-refractivity contribution in [2.45, 2.75) is 32.6 Å². The lowest BCUT2D eigenvalue weighted by molar-refractivity contribution is -0.118. The summed E-state index contributed by atoms with van der Waals surface area (Å²) in [5, 5.41) is 12.5. The second-order valence-electron chi connectivity index (χ2n) is 6.27. The van der Waals surface area contributed by atoms with Gasteiger partial charge in [0.05, 0.1) is 11.5 Å². The maximum atomic E-state index is 12.6. The summed E-state index contributed by atoms with van der Waals surface area (Å²) in [5.41, 5.74) is 1.39. The molecule has 1 aromatic carbocycles. The Hall–Kier alpha value is -1.62. The van der Waals surface area contributed by atoms with Crippen molar-refractivity contribution < 1.29 is 14.7 Å². The molecule has 0 fully saturated rings. The van der Waals surface area contributed by atoms with Crippen LogP contribution in [0.3, 0.4) is 0 Å². The molecular formula is C16H16BrNO3. The predicted octanol–water partition coefficient (Wildman–Crippen LogP) is 3.99. The van der Waals surface area contributed by atoms with Crippen LogP contribution in [-0.4, -0.2) is 16.9 Å². The third kappa shape index (κ3) is 2.39. The number of carbonyl (C=O) groups is 1. The van der Waals surface area contributed by atoms with Crippen molar-refractivity contribution in [1.29, 1.82) is 0 Å². The van der Waals surface area contributed by atoms with Gasteiger partial charge in [-0.15, -0.1) is 0 Å². The number of ketones is 1. The van der Waals surface area contributed by atoms with E-state index in [0.29, 0.717) is 24.2 Å². The monoisotopic (exact) mass is 349 g/mol. The van der Waals surface area contributed by atoms with Crippen molar-refractivity contribution in [3.63, 3.8) is 0 Å². The first-order valence-corrected chi connectivity index (χ1v) is 7.63. The highest BCUT2D eigenvalue weighted by atomic mass is 79.9. The van der Waals surface area contributed by atoms with Crippen molar-refractivity contribution >= 4 is 27.6 Å². The molecule has 4 nitrogen and oxygen atoms in total. The summed E-state index contributed by atoms with van der Waals surface area (Å²) in [6.45, 7) is 4.08. The van der Waals surface area contributed by atoms with E-state index in [9.17, 15) is 10.0 Å². The molecule has 1 atom stereocenters. The third-order valence-corrected chi connectivity index (χ3v) is 4.68. The van der Waals surface area contributed by atoms with E-state index < -0.39 is 5.92 Å². The predicted molar refractivity (Wildman–Crippen MR) is 82.2 cm³/mol. The number of carbonyl (C=O) groups excluding carboxylic acids is 1. The summed E-state index contributed by atoms with van der Waals surface area (Å²) in [5.74, 6) is 0.465. The average Bonchev–Trinajstić information content (AvgIpc) is 2.76. The van der Waals surface area contributed by atoms with E-state index in [1.54, 1.807) is 0 Å². The Morgan fingerprint density at radius 3 is 2.71 bits per heavy atom. The maximum Gasteiger partial charge on any atom is 0.242 e. The molecule has 0 spiro atoms. The molecular weight excluding hydrogens is 334 g/mol. The number of benzene rings is 1. The van der Waals surface area contributed by atoms with Crippen molar-refractivity contribution in [2.75, 3.05) is 0 Å². The van der Waals surface area contributed by atoms with Crippen LogP contribution in [0.2, 0.25) is 0 Å². The maximum absolute atomic E-state index is 12.6. The van der Waals surface area contributed by atoms with Crippen LogP contribution in [0.25, 0.3) is 0 Å². The fraction of sp³-hybridized carbons (Fsp3) is 0.375. The Labute approximate surface area is 131 Å². The number of nitrogens with zero attached hydrogens (tertiary/aromatic N) is 1. The Kier molecular flexibility index (Phi) is 3.40. The number of ether oxygens (including phenoxy) is 1. The summed E-state index contributed by atoms with van der Waals surface area (Å²) in [6.07, 6.45) is 1.16. The van der Waals surface area contributed by atoms with E-state index in [1.807, 2.05) is 38.1 Å². The number of halogens is 1. The summed E-state index contributed by atoms with van der Waals surface area (Å²) in [4.78, 5) is 12.6. The van der Waals surface area contributed by atoms with Crippen LogP contribution in [0.15, 0.2) is 45.2 Å². The van der Waals surface area contributed by atoms with Gasteiger partial charge in [0.15, 0.2) is 5.78 Å². The first-order valence-electron chi connectivity index (χ1n) is 6.83. The lowest BCUT2D eigenvalue weighted by Gasteiger charge is -2.28. The second-order valence-corrected chi connectivity index (χ2v) is 7.13. The topological polar surface area (TPSA) is 58.9 Å². The molecule has 1 unspecified atom stereocenters. The molecule has 3 rings (SSSR count). The normalized spacial score (nSPS) is 26.0. The quantitative estimate of drug-likeness (QED) is 0.615. The van der Waals surface area contributed by atoms with E-state index in [-0.39, 0.29) is 17.1 Å². The van der Waals surface area contributed by atoms with Gasteiger partial charge in [0.25, 0.3) is 0 Å². The first-order chi connectivity index (χ1) is 9.93. The first kappa shape index (κ1) is 14.3. The molecule has 0 amide bonds. The molecule has 110 valence electrons. The molecule has 5 heteroatoms. The zero-order chi connectivity index (χ0) is 15.2. The Morgan fingerprint density at radius 2 is 2.05 bits per heavy atom. The zero-order valence-electron chi connectivity index (χ0n) is 11.9. The number of rotatable bonds is 1. The summed E-state index contributed by atoms with van der Waals surface area (Å²) in [7, 11) is 0. The van der Waals surface area contributed by atoms with Gasteiger partial charge in [-0.05, 0) is 17.0 Å². The lowest BCUT2D eigenvalue weighted by atomic mass is 9.73. The highest BCUT2D eigenvalue weighted by Gasteiger charge is 2.45. The van der Waals surface area contributed by atoms with Gasteiger partial charge in [-0.3, -0.25) is 4.79 Å². The molecule has 21 heavy (non-hydrogen) atoms. The molecule has 2 aliphatic rings. The van der Waals surface area contributed by atoms with Crippen LogP contribution >= 0.6 is 15.9 Å². The standard InChI is InChI=1S/C16H16BrNO3/c1-16(2)7-11(19)14-12(8-16)21-15(18-20)13(14)9-5-3-4-6-10(9)17/h3-6,13,20H,7-8H2,1-2H3/b18-15-. The molecule has 1 aliphatic carbocycles.